The van der Waals surface area contributed by atoms with Gasteiger partial charge in [-0.3, -0.25) is 0 Å². The number of aliphatic carboxylic acids is 1. The van der Waals surface area contributed by atoms with Crippen molar-refractivity contribution in [3.63, 3.8) is 0 Å². The fourth-order valence-electron chi connectivity index (χ4n) is 4.47. The van der Waals surface area contributed by atoms with Crippen LogP contribution in [0.15, 0.2) is 108 Å². The zero-order valence-corrected chi connectivity index (χ0v) is 19.3. The summed E-state index contributed by atoms with van der Waals surface area (Å²) in [7, 11) is 0. The Morgan fingerprint density at radius 2 is 1.69 bits per heavy atom. The van der Waals surface area contributed by atoms with Gasteiger partial charge in [0.15, 0.2) is 12.4 Å². The number of ether oxygens (including phenoxy) is 1. The number of para-hydroxylation sites is 1. The molecule has 6 rings (SSSR count). The van der Waals surface area contributed by atoms with Crippen LogP contribution in [-0.2, 0) is 11.3 Å². The number of carboxylic acids is 1. The molecule has 4 aromatic carbocycles. The summed E-state index contributed by atoms with van der Waals surface area (Å²) in [6.45, 7) is 0.393. The highest BCUT2D eigenvalue weighted by Gasteiger charge is 2.16. The van der Waals surface area contributed by atoms with Gasteiger partial charge in [0.25, 0.3) is 0 Å². The van der Waals surface area contributed by atoms with E-state index < -0.39 is 5.97 Å². The molecule has 0 unspecified atom stereocenters. The molecule has 0 fully saturated rings. The summed E-state index contributed by atoms with van der Waals surface area (Å²) in [4.78, 5) is 15.4. The third-order valence-electron chi connectivity index (χ3n) is 6.18. The predicted octanol–water partition coefficient (Wildman–Crippen LogP) is 6.63. The molecule has 0 amide bonds. The number of carboxylic acid groups (broad SMARTS) is 1. The van der Waals surface area contributed by atoms with Crippen molar-refractivity contribution >= 4 is 27.6 Å². The van der Waals surface area contributed by atoms with Crippen molar-refractivity contribution in [3.05, 3.63) is 109 Å². The number of benzene rings is 4. The first-order chi connectivity index (χ1) is 17.6. The van der Waals surface area contributed by atoms with Crippen LogP contribution in [0, 0.1) is 0 Å². The summed E-state index contributed by atoms with van der Waals surface area (Å²) in [6, 6.07) is 30.1. The van der Waals surface area contributed by atoms with Crippen LogP contribution in [0.1, 0.15) is 5.56 Å². The maximum Gasteiger partial charge on any atom is 0.341 e. The summed E-state index contributed by atoms with van der Waals surface area (Å²) < 4.78 is 13.8. The Morgan fingerprint density at radius 1 is 0.917 bits per heavy atom. The van der Waals surface area contributed by atoms with Gasteiger partial charge in [-0.1, -0.05) is 66.7 Å². The molecule has 0 saturated heterocycles. The molecule has 36 heavy (non-hydrogen) atoms. The van der Waals surface area contributed by atoms with E-state index in [4.69, 9.17) is 14.3 Å². The molecular formula is C30H22N2O4. The van der Waals surface area contributed by atoms with E-state index in [-0.39, 0.29) is 6.61 Å². The molecule has 0 aliphatic heterocycles. The average molecular weight is 475 g/mol. The van der Waals surface area contributed by atoms with Crippen LogP contribution in [0.25, 0.3) is 44.5 Å². The van der Waals surface area contributed by atoms with Crippen molar-refractivity contribution in [1.82, 2.24) is 9.55 Å². The maximum atomic E-state index is 10.8. The first kappa shape index (κ1) is 21.7. The molecule has 2 aromatic heterocycles. The van der Waals surface area contributed by atoms with Gasteiger partial charge in [-0.05, 0) is 40.6 Å². The largest absolute Gasteiger partial charge is 0.482 e. The lowest BCUT2D eigenvalue weighted by atomic mass is 10.1. The molecule has 0 bridgehead atoms. The molecule has 0 radical (unpaired) electrons. The first-order valence-corrected chi connectivity index (χ1v) is 11.6. The number of oxazole rings is 1. The van der Waals surface area contributed by atoms with Gasteiger partial charge in [-0.25, -0.2) is 9.78 Å². The van der Waals surface area contributed by atoms with Gasteiger partial charge >= 0.3 is 5.97 Å². The summed E-state index contributed by atoms with van der Waals surface area (Å²) in [5.41, 5.74) is 4.22. The van der Waals surface area contributed by atoms with Crippen LogP contribution in [-0.4, -0.2) is 27.2 Å². The highest BCUT2D eigenvalue weighted by Crippen LogP contribution is 2.34. The molecular weight excluding hydrogens is 452 g/mol. The molecule has 0 aliphatic rings. The Balaban J connectivity index is 1.32. The zero-order valence-electron chi connectivity index (χ0n) is 19.3. The molecule has 6 aromatic rings. The summed E-state index contributed by atoms with van der Waals surface area (Å²) in [6.07, 6.45) is 3.86. The Hall–Kier alpha value is -4.84. The molecule has 1 N–H and O–H groups in total. The van der Waals surface area contributed by atoms with Crippen LogP contribution in [0.4, 0.5) is 0 Å². The summed E-state index contributed by atoms with van der Waals surface area (Å²) in [5, 5.41) is 11.9. The molecule has 0 aliphatic carbocycles. The lowest BCUT2D eigenvalue weighted by Gasteiger charge is -2.06. The van der Waals surface area contributed by atoms with Gasteiger partial charge in [-0.15, -0.1) is 0 Å². The van der Waals surface area contributed by atoms with E-state index in [0.29, 0.717) is 17.4 Å². The molecule has 176 valence electrons. The second-order valence-electron chi connectivity index (χ2n) is 8.61. The fraction of sp³-hybridized carbons (Fsp3) is 0.0667. The Bertz CT molecular complexity index is 1700. The average Bonchev–Trinajstić information content (AvgIpc) is 3.53. The van der Waals surface area contributed by atoms with Crippen molar-refractivity contribution in [2.24, 2.45) is 0 Å². The quantitative estimate of drug-likeness (QED) is 0.281. The lowest BCUT2D eigenvalue weighted by molar-refractivity contribution is -0.139. The van der Waals surface area contributed by atoms with E-state index in [0.717, 1.165) is 39.3 Å². The molecule has 6 nitrogen and oxygen atoms in total. The number of hydrogen-bond acceptors (Lipinski definition) is 4. The molecule has 2 heterocycles. The van der Waals surface area contributed by atoms with E-state index in [9.17, 15) is 4.79 Å². The Morgan fingerprint density at radius 3 is 2.56 bits per heavy atom. The standard InChI is InChI=1S/C30H22N2O4/c33-29(34)19-35-24-13-12-21-14-23(11-10-22(21)15-24)28-16-31-30(36-28)26-18-32(17-20-6-2-1-3-7-20)27-9-5-4-8-25(26)27/h1-16,18H,17,19H2,(H,33,34). The maximum absolute atomic E-state index is 10.8. The SMILES string of the molecule is O=C(O)COc1ccc2cc(-c3cnc(-c4cn(Cc5ccccc5)c5ccccc45)o3)ccc2c1. The van der Waals surface area contributed by atoms with Crippen molar-refractivity contribution in [3.8, 4) is 28.5 Å². The van der Waals surface area contributed by atoms with Gasteiger partial charge in [0, 0.05) is 29.2 Å². The first-order valence-electron chi connectivity index (χ1n) is 11.6. The van der Waals surface area contributed by atoms with Crippen LogP contribution in [0.3, 0.4) is 0 Å². The van der Waals surface area contributed by atoms with Gasteiger partial charge in [0.05, 0.1) is 11.8 Å². The molecule has 0 spiro atoms. The van der Waals surface area contributed by atoms with Gasteiger partial charge in [-0.2, -0.15) is 0 Å². The van der Waals surface area contributed by atoms with E-state index in [1.165, 1.54) is 5.56 Å². The Kier molecular flexibility index (Phi) is 5.46. The number of nitrogens with zero attached hydrogens (tertiary/aromatic N) is 2. The van der Waals surface area contributed by atoms with Gasteiger partial charge in [0.1, 0.15) is 5.75 Å². The lowest BCUT2D eigenvalue weighted by Crippen LogP contribution is -2.09. The van der Waals surface area contributed by atoms with E-state index in [1.54, 1.807) is 12.3 Å². The number of hydrogen-bond donors (Lipinski definition) is 1. The van der Waals surface area contributed by atoms with Crippen molar-refractivity contribution in [2.75, 3.05) is 6.61 Å². The highest BCUT2D eigenvalue weighted by atomic mass is 16.5. The van der Waals surface area contributed by atoms with Crippen LogP contribution in [0.5, 0.6) is 5.75 Å². The summed E-state index contributed by atoms with van der Waals surface area (Å²) in [5.74, 6) is 0.768. The zero-order chi connectivity index (χ0) is 24.5. The minimum absolute atomic E-state index is 0.369. The van der Waals surface area contributed by atoms with Gasteiger partial charge < -0.3 is 18.8 Å². The van der Waals surface area contributed by atoms with Crippen molar-refractivity contribution in [1.29, 1.82) is 0 Å². The monoisotopic (exact) mass is 474 g/mol. The van der Waals surface area contributed by atoms with Crippen LogP contribution < -0.4 is 4.74 Å². The van der Waals surface area contributed by atoms with E-state index in [2.05, 4.69) is 52.1 Å². The minimum atomic E-state index is -1.00. The molecule has 0 saturated carbocycles. The van der Waals surface area contributed by atoms with Crippen LogP contribution in [0.2, 0.25) is 0 Å². The number of rotatable bonds is 7. The van der Waals surface area contributed by atoms with E-state index >= 15 is 0 Å². The third-order valence-corrected chi connectivity index (χ3v) is 6.18. The predicted molar refractivity (Wildman–Crippen MR) is 139 cm³/mol. The molecule has 0 atom stereocenters. The van der Waals surface area contributed by atoms with Crippen LogP contribution >= 0.6 is 0 Å². The smallest absolute Gasteiger partial charge is 0.341 e. The normalized spacial score (nSPS) is 11.2. The number of carbonyl (C=O) groups is 1. The van der Waals surface area contributed by atoms with Crippen molar-refractivity contribution in [2.45, 2.75) is 6.54 Å². The third kappa shape index (κ3) is 4.20. The van der Waals surface area contributed by atoms with Crippen molar-refractivity contribution < 1.29 is 19.1 Å². The number of aromatic nitrogens is 2. The number of fused-ring (bicyclic) bond motifs is 2. The highest BCUT2D eigenvalue weighted by molar-refractivity contribution is 5.94. The minimum Gasteiger partial charge on any atom is -0.482 e. The topological polar surface area (TPSA) is 77.5 Å². The second kappa shape index (κ2) is 9.07. The summed E-state index contributed by atoms with van der Waals surface area (Å²) >= 11 is 0. The van der Waals surface area contributed by atoms with Gasteiger partial charge in [0.2, 0.25) is 5.89 Å². The molecule has 6 heteroatoms. The second-order valence-corrected chi connectivity index (χ2v) is 8.61. The Labute approximate surface area is 207 Å². The fourth-order valence-corrected chi connectivity index (χ4v) is 4.47. The van der Waals surface area contributed by atoms with E-state index in [1.807, 2.05) is 48.5 Å².